The fourth-order valence-electron chi connectivity index (χ4n) is 4.66. The minimum atomic E-state index is -2.66. The minimum absolute atomic E-state index is 0.108. The fraction of sp³-hybridized carbons (Fsp3) is 0.462. The van der Waals surface area contributed by atoms with Crippen molar-refractivity contribution in [3.05, 3.63) is 72.3 Å². The molecule has 3 rings (SSSR count). The predicted molar refractivity (Wildman–Crippen MR) is 128 cm³/mol. The van der Waals surface area contributed by atoms with Crippen LogP contribution in [0.15, 0.2) is 72.3 Å². The van der Waals surface area contributed by atoms with Crippen LogP contribution in [0.1, 0.15) is 34.6 Å². The molecule has 0 saturated carbocycles. The Bertz CT molecular complexity index is 820. The summed E-state index contributed by atoms with van der Waals surface area (Å²) in [4.78, 5) is 0. The normalized spacial score (nSPS) is 23.3. The molecule has 1 heterocycles. The van der Waals surface area contributed by atoms with E-state index in [1.807, 2.05) is 19.1 Å². The van der Waals surface area contributed by atoms with Crippen molar-refractivity contribution in [1.82, 2.24) is 0 Å². The second-order valence-electron chi connectivity index (χ2n) is 9.47. The summed E-state index contributed by atoms with van der Waals surface area (Å²) in [6.45, 7) is 11.1. The summed E-state index contributed by atoms with van der Waals surface area (Å²) in [7, 11) is -0.970. The number of hydrogen-bond acceptors (Lipinski definition) is 4. The molecule has 0 amide bonds. The van der Waals surface area contributed by atoms with Crippen LogP contribution in [0, 0.1) is 5.92 Å². The Morgan fingerprint density at radius 2 is 1.52 bits per heavy atom. The van der Waals surface area contributed by atoms with Crippen molar-refractivity contribution >= 4 is 18.7 Å². The minimum Gasteiger partial charge on any atom is -0.405 e. The van der Waals surface area contributed by atoms with E-state index in [-0.39, 0.29) is 23.2 Å². The van der Waals surface area contributed by atoms with Gasteiger partial charge in [0.1, 0.15) is 6.10 Å². The molecule has 0 saturated heterocycles. The third kappa shape index (κ3) is 4.86. The van der Waals surface area contributed by atoms with Gasteiger partial charge in [0.05, 0.1) is 12.7 Å². The molecule has 2 aromatic carbocycles. The smallest absolute Gasteiger partial charge is 0.261 e. The maximum atomic E-state index is 10.2. The first-order valence-electron chi connectivity index (χ1n) is 11.0. The summed E-state index contributed by atoms with van der Waals surface area (Å²) in [6, 6.07) is 21.1. The summed E-state index contributed by atoms with van der Waals surface area (Å²) >= 11 is 0. The van der Waals surface area contributed by atoms with Gasteiger partial charge < -0.3 is 19.0 Å². The molecule has 0 aromatic heterocycles. The van der Waals surface area contributed by atoms with Gasteiger partial charge in [0.15, 0.2) is 6.29 Å². The number of hydrogen-bond donors (Lipinski definition) is 1. The molecule has 5 heteroatoms. The van der Waals surface area contributed by atoms with Gasteiger partial charge in [-0.2, -0.15) is 0 Å². The van der Waals surface area contributed by atoms with Gasteiger partial charge in [0.25, 0.3) is 8.32 Å². The van der Waals surface area contributed by atoms with E-state index in [1.165, 1.54) is 10.4 Å². The van der Waals surface area contributed by atoms with E-state index in [1.54, 1.807) is 7.11 Å². The van der Waals surface area contributed by atoms with Gasteiger partial charge in [-0.25, -0.2) is 0 Å². The lowest BCUT2D eigenvalue weighted by Gasteiger charge is -2.44. The molecule has 1 aliphatic rings. The zero-order chi connectivity index (χ0) is 22.6. The molecule has 4 atom stereocenters. The molecule has 168 valence electrons. The summed E-state index contributed by atoms with van der Waals surface area (Å²) in [6.07, 6.45) is 0.595. The van der Waals surface area contributed by atoms with E-state index < -0.39 is 14.6 Å². The summed E-state index contributed by atoms with van der Waals surface area (Å²) in [5.74, 6) is 0.121. The molecule has 0 aliphatic carbocycles. The Hall–Kier alpha value is -1.76. The highest BCUT2D eigenvalue weighted by molar-refractivity contribution is 6.99. The van der Waals surface area contributed by atoms with E-state index in [2.05, 4.69) is 82.3 Å². The van der Waals surface area contributed by atoms with Gasteiger partial charge in [-0.3, -0.25) is 0 Å². The first-order chi connectivity index (χ1) is 14.7. The molecule has 1 N–H and O–H groups in total. The number of aliphatic hydroxyl groups excluding tert-OH is 1. The first-order valence-corrected chi connectivity index (χ1v) is 12.9. The molecule has 4 nitrogen and oxygen atoms in total. The third-order valence-corrected chi connectivity index (χ3v) is 11.3. The van der Waals surface area contributed by atoms with Crippen molar-refractivity contribution in [2.45, 2.75) is 58.2 Å². The lowest BCUT2D eigenvalue weighted by Crippen LogP contribution is -2.67. The Labute approximate surface area is 188 Å². The van der Waals surface area contributed by atoms with Crippen LogP contribution in [-0.4, -0.2) is 45.6 Å². The standard InChI is InChI=1S/C26H36O4Si/c1-19-17-20(2)25(27)30-24(19)23(28-6)18-29-31(26(3,4)5,21-13-9-7-10-14-21)22-15-11-8-12-16-22/h7-17,19,23-25,27H,18H2,1-6H3. The average molecular weight is 441 g/mol. The summed E-state index contributed by atoms with van der Waals surface area (Å²) in [5.41, 5.74) is 0.839. The Kier molecular flexibility index (Phi) is 7.55. The van der Waals surface area contributed by atoms with Gasteiger partial charge >= 0.3 is 0 Å². The summed E-state index contributed by atoms with van der Waals surface area (Å²) < 4.78 is 18.8. The first kappa shape index (κ1) is 23.9. The molecule has 31 heavy (non-hydrogen) atoms. The maximum absolute atomic E-state index is 10.2. The number of rotatable bonds is 7. The van der Waals surface area contributed by atoms with Crippen molar-refractivity contribution in [2.24, 2.45) is 5.92 Å². The zero-order valence-electron chi connectivity index (χ0n) is 19.5. The second-order valence-corrected chi connectivity index (χ2v) is 13.8. The lowest BCUT2D eigenvalue weighted by atomic mass is 9.94. The zero-order valence-corrected chi connectivity index (χ0v) is 20.5. The number of methoxy groups -OCH3 is 1. The molecule has 0 fully saturated rings. The third-order valence-electron chi connectivity index (χ3n) is 6.27. The van der Waals surface area contributed by atoms with Crippen LogP contribution >= 0.6 is 0 Å². The summed E-state index contributed by atoms with van der Waals surface area (Å²) in [5, 5.41) is 12.6. The van der Waals surface area contributed by atoms with Gasteiger partial charge in [-0.05, 0) is 27.9 Å². The molecule has 0 bridgehead atoms. The van der Waals surface area contributed by atoms with Crippen LogP contribution in [-0.2, 0) is 13.9 Å². The fourth-order valence-corrected chi connectivity index (χ4v) is 9.23. The Morgan fingerprint density at radius 1 is 1.00 bits per heavy atom. The Morgan fingerprint density at radius 3 is 1.97 bits per heavy atom. The lowest BCUT2D eigenvalue weighted by molar-refractivity contribution is -0.176. The number of ether oxygens (including phenoxy) is 2. The van der Waals surface area contributed by atoms with Gasteiger partial charge in [-0.1, -0.05) is 94.4 Å². The number of aliphatic hydroxyl groups is 1. The Balaban J connectivity index is 1.99. The van der Waals surface area contributed by atoms with Crippen molar-refractivity contribution in [2.75, 3.05) is 13.7 Å². The predicted octanol–water partition coefficient (Wildman–Crippen LogP) is 3.88. The van der Waals surface area contributed by atoms with Gasteiger partial charge in [-0.15, -0.1) is 0 Å². The largest absolute Gasteiger partial charge is 0.405 e. The molecular formula is C26H36O4Si. The van der Waals surface area contributed by atoms with Crippen LogP contribution in [0.5, 0.6) is 0 Å². The van der Waals surface area contributed by atoms with Crippen LogP contribution < -0.4 is 10.4 Å². The van der Waals surface area contributed by atoms with E-state index in [4.69, 9.17) is 13.9 Å². The van der Waals surface area contributed by atoms with Gasteiger partial charge in [0, 0.05) is 13.0 Å². The van der Waals surface area contributed by atoms with E-state index >= 15 is 0 Å². The topological polar surface area (TPSA) is 47.9 Å². The van der Waals surface area contributed by atoms with Gasteiger partial charge in [0.2, 0.25) is 0 Å². The van der Waals surface area contributed by atoms with Crippen LogP contribution in [0.2, 0.25) is 5.04 Å². The highest BCUT2D eigenvalue weighted by Crippen LogP contribution is 2.37. The van der Waals surface area contributed by atoms with Crippen LogP contribution in [0.3, 0.4) is 0 Å². The monoisotopic (exact) mass is 440 g/mol. The van der Waals surface area contributed by atoms with Crippen molar-refractivity contribution in [3.63, 3.8) is 0 Å². The van der Waals surface area contributed by atoms with E-state index in [0.717, 1.165) is 5.57 Å². The van der Waals surface area contributed by atoms with Crippen molar-refractivity contribution in [1.29, 1.82) is 0 Å². The molecule has 0 spiro atoms. The quantitative estimate of drug-likeness (QED) is 0.524. The molecule has 2 aromatic rings. The second kappa shape index (κ2) is 9.80. The SMILES string of the molecule is COC(CO[Si](c1ccccc1)(c1ccccc1)C(C)(C)C)C1OC(O)C(C)=CC1C. The average Bonchev–Trinajstić information content (AvgIpc) is 2.75. The highest BCUT2D eigenvalue weighted by atomic mass is 28.4. The van der Waals surface area contributed by atoms with E-state index in [0.29, 0.717) is 6.61 Å². The van der Waals surface area contributed by atoms with Crippen molar-refractivity contribution < 1.29 is 19.0 Å². The molecule has 4 unspecified atom stereocenters. The van der Waals surface area contributed by atoms with Crippen molar-refractivity contribution in [3.8, 4) is 0 Å². The number of benzene rings is 2. The molecular weight excluding hydrogens is 404 g/mol. The molecule has 0 radical (unpaired) electrons. The van der Waals surface area contributed by atoms with Crippen LogP contribution in [0.25, 0.3) is 0 Å². The molecule has 1 aliphatic heterocycles. The van der Waals surface area contributed by atoms with E-state index in [9.17, 15) is 5.11 Å². The van der Waals surface area contributed by atoms with Crippen LogP contribution in [0.4, 0.5) is 0 Å². The highest BCUT2D eigenvalue weighted by Gasteiger charge is 2.51. The maximum Gasteiger partial charge on any atom is 0.261 e.